The minimum absolute atomic E-state index is 0.106. The van der Waals surface area contributed by atoms with Crippen molar-refractivity contribution < 1.29 is 19.0 Å². The van der Waals surface area contributed by atoms with Gasteiger partial charge in [0.25, 0.3) is 0 Å². The number of halogens is 1. The van der Waals surface area contributed by atoms with Gasteiger partial charge in [0.2, 0.25) is 6.17 Å². The fourth-order valence-electron chi connectivity index (χ4n) is 2.21. The molecule has 1 saturated carbocycles. The normalized spacial score (nSPS) is 19.9. The molecule has 2 unspecified atom stereocenters. The van der Waals surface area contributed by atoms with Crippen molar-refractivity contribution in [3.63, 3.8) is 0 Å². The van der Waals surface area contributed by atoms with E-state index in [4.69, 9.17) is 0 Å². The van der Waals surface area contributed by atoms with Gasteiger partial charge in [-0.2, -0.15) is 0 Å². The lowest BCUT2D eigenvalue weighted by molar-refractivity contribution is -0.164. The number of alkyl halides is 1. The first-order chi connectivity index (χ1) is 8.60. The molecule has 1 N–H and O–H groups in total. The Balaban J connectivity index is 2.30. The number of carbonyl (C=O) groups excluding carboxylic acids is 1. The van der Waals surface area contributed by atoms with Gasteiger partial charge < -0.3 is 9.84 Å². The molecule has 3 nitrogen and oxygen atoms in total. The zero-order valence-corrected chi connectivity index (χ0v) is 10.3. The molecular weight excluding hydrogens is 235 g/mol. The van der Waals surface area contributed by atoms with E-state index in [1.54, 1.807) is 37.3 Å². The highest BCUT2D eigenvalue weighted by Crippen LogP contribution is 2.48. The Morgan fingerprint density at radius 1 is 1.50 bits per heavy atom. The number of benzene rings is 1. The largest absolute Gasteiger partial charge is 0.464 e. The summed E-state index contributed by atoms with van der Waals surface area (Å²) in [5.74, 6) is -1.20. The predicted molar refractivity (Wildman–Crippen MR) is 64.6 cm³/mol. The Hall–Kier alpha value is -1.42. The summed E-state index contributed by atoms with van der Waals surface area (Å²) in [4.78, 5) is 11.5. The first kappa shape index (κ1) is 13.0. The summed E-state index contributed by atoms with van der Waals surface area (Å²) in [5, 5.41) is 10.6. The number of carbonyl (C=O) groups is 1. The molecule has 0 saturated heterocycles. The van der Waals surface area contributed by atoms with Crippen LogP contribution in [0.1, 0.15) is 25.3 Å². The Kier molecular flexibility index (Phi) is 3.66. The fourth-order valence-corrected chi connectivity index (χ4v) is 2.21. The van der Waals surface area contributed by atoms with E-state index < -0.39 is 17.7 Å². The minimum atomic E-state index is -2.03. The second-order valence-corrected chi connectivity index (χ2v) is 4.58. The van der Waals surface area contributed by atoms with Gasteiger partial charge in [-0.15, -0.1) is 0 Å². The molecule has 1 fully saturated rings. The number of rotatable bonds is 5. The molecule has 1 aliphatic carbocycles. The highest BCUT2D eigenvalue weighted by Gasteiger charge is 2.54. The predicted octanol–water partition coefficient (Wildman–Crippen LogP) is 2.19. The van der Waals surface area contributed by atoms with Gasteiger partial charge in [0.1, 0.15) is 5.60 Å². The van der Waals surface area contributed by atoms with Crippen LogP contribution in [-0.2, 0) is 15.1 Å². The van der Waals surface area contributed by atoms with Crippen LogP contribution in [0.15, 0.2) is 30.3 Å². The standard InChI is InChI=1S/C14H17FO3/c1-2-18-13(16)12(15)14(17,11-8-9-11)10-6-4-3-5-7-10/h3-7,11-12,17H,2,8-9H2,1H3. The zero-order valence-electron chi connectivity index (χ0n) is 10.3. The molecule has 0 aromatic heterocycles. The fraction of sp³-hybridized carbons (Fsp3) is 0.500. The van der Waals surface area contributed by atoms with Crippen LogP contribution in [0.2, 0.25) is 0 Å². The van der Waals surface area contributed by atoms with Crippen LogP contribution in [0.25, 0.3) is 0 Å². The third-order valence-electron chi connectivity index (χ3n) is 3.32. The van der Waals surface area contributed by atoms with E-state index in [1.807, 2.05) is 0 Å². The van der Waals surface area contributed by atoms with Gasteiger partial charge in [-0.25, -0.2) is 9.18 Å². The topological polar surface area (TPSA) is 46.5 Å². The Morgan fingerprint density at radius 3 is 2.61 bits per heavy atom. The van der Waals surface area contributed by atoms with E-state index in [1.165, 1.54) is 0 Å². The van der Waals surface area contributed by atoms with Crippen LogP contribution in [-0.4, -0.2) is 23.9 Å². The molecule has 1 aliphatic rings. The monoisotopic (exact) mass is 252 g/mol. The lowest BCUT2D eigenvalue weighted by atomic mass is 9.84. The lowest BCUT2D eigenvalue weighted by Gasteiger charge is -2.30. The Labute approximate surface area is 106 Å². The molecule has 0 heterocycles. The molecule has 1 aromatic rings. The second-order valence-electron chi connectivity index (χ2n) is 4.58. The molecule has 0 aliphatic heterocycles. The molecule has 98 valence electrons. The van der Waals surface area contributed by atoms with Crippen molar-refractivity contribution in [3.05, 3.63) is 35.9 Å². The molecule has 0 amide bonds. The van der Waals surface area contributed by atoms with Gasteiger partial charge in [0.15, 0.2) is 0 Å². The van der Waals surface area contributed by atoms with Crippen LogP contribution in [0.4, 0.5) is 4.39 Å². The van der Waals surface area contributed by atoms with Crippen molar-refractivity contribution in [2.24, 2.45) is 5.92 Å². The van der Waals surface area contributed by atoms with Gasteiger partial charge in [0.05, 0.1) is 6.61 Å². The average molecular weight is 252 g/mol. The highest BCUT2D eigenvalue weighted by atomic mass is 19.1. The SMILES string of the molecule is CCOC(=O)C(F)C(O)(c1ccccc1)C1CC1. The van der Waals surface area contributed by atoms with Crippen molar-refractivity contribution in [2.45, 2.75) is 31.5 Å². The van der Waals surface area contributed by atoms with E-state index in [0.717, 1.165) is 12.8 Å². The summed E-state index contributed by atoms with van der Waals surface area (Å²) in [5.41, 5.74) is -1.32. The van der Waals surface area contributed by atoms with Crippen LogP contribution >= 0.6 is 0 Å². The van der Waals surface area contributed by atoms with Gasteiger partial charge in [-0.3, -0.25) is 0 Å². The summed E-state index contributed by atoms with van der Waals surface area (Å²) in [6, 6.07) is 8.52. The number of hydrogen-bond donors (Lipinski definition) is 1. The highest BCUT2D eigenvalue weighted by molar-refractivity contribution is 5.76. The number of aliphatic hydroxyl groups is 1. The first-order valence-corrected chi connectivity index (χ1v) is 6.19. The zero-order chi connectivity index (χ0) is 13.2. The van der Waals surface area contributed by atoms with E-state index in [2.05, 4.69) is 4.74 Å². The molecule has 0 radical (unpaired) electrons. The van der Waals surface area contributed by atoms with E-state index in [9.17, 15) is 14.3 Å². The smallest absolute Gasteiger partial charge is 0.344 e. The maximum absolute atomic E-state index is 14.3. The van der Waals surface area contributed by atoms with Crippen molar-refractivity contribution in [2.75, 3.05) is 6.61 Å². The minimum Gasteiger partial charge on any atom is -0.464 e. The molecular formula is C14H17FO3. The van der Waals surface area contributed by atoms with Crippen molar-refractivity contribution in [1.82, 2.24) is 0 Å². The Morgan fingerprint density at radius 2 is 2.11 bits per heavy atom. The summed E-state index contributed by atoms with van der Waals surface area (Å²) >= 11 is 0. The van der Waals surface area contributed by atoms with E-state index in [-0.39, 0.29) is 12.5 Å². The van der Waals surface area contributed by atoms with Crippen molar-refractivity contribution in [1.29, 1.82) is 0 Å². The van der Waals surface area contributed by atoms with Crippen LogP contribution in [0.3, 0.4) is 0 Å². The number of hydrogen-bond acceptors (Lipinski definition) is 3. The molecule has 2 rings (SSSR count). The summed E-state index contributed by atoms with van der Waals surface area (Å²) in [7, 11) is 0. The third-order valence-corrected chi connectivity index (χ3v) is 3.32. The average Bonchev–Trinajstić information content (AvgIpc) is 3.23. The summed E-state index contributed by atoms with van der Waals surface area (Å²) < 4.78 is 19.0. The van der Waals surface area contributed by atoms with Gasteiger partial charge >= 0.3 is 5.97 Å². The first-order valence-electron chi connectivity index (χ1n) is 6.19. The summed E-state index contributed by atoms with van der Waals surface area (Å²) in [6.07, 6.45) is -0.580. The lowest BCUT2D eigenvalue weighted by Crippen LogP contribution is -2.44. The van der Waals surface area contributed by atoms with Gasteiger partial charge in [-0.1, -0.05) is 30.3 Å². The maximum Gasteiger partial charge on any atom is 0.344 e. The quantitative estimate of drug-likeness (QED) is 0.817. The molecule has 4 heteroatoms. The Bertz CT molecular complexity index is 416. The molecule has 1 aromatic carbocycles. The van der Waals surface area contributed by atoms with Crippen LogP contribution < -0.4 is 0 Å². The van der Waals surface area contributed by atoms with E-state index >= 15 is 0 Å². The summed E-state index contributed by atoms with van der Waals surface area (Å²) in [6.45, 7) is 1.72. The molecule has 0 bridgehead atoms. The number of ether oxygens (including phenoxy) is 1. The second kappa shape index (κ2) is 5.06. The third kappa shape index (κ3) is 2.25. The van der Waals surface area contributed by atoms with Gasteiger partial charge in [-0.05, 0) is 31.2 Å². The van der Waals surface area contributed by atoms with Crippen LogP contribution in [0.5, 0.6) is 0 Å². The van der Waals surface area contributed by atoms with Crippen LogP contribution in [0, 0.1) is 5.92 Å². The number of esters is 1. The van der Waals surface area contributed by atoms with Gasteiger partial charge in [0, 0.05) is 0 Å². The molecule has 2 atom stereocenters. The maximum atomic E-state index is 14.3. The van der Waals surface area contributed by atoms with Crippen molar-refractivity contribution >= 4 is 5.97 Å². The molecule has 18 heavy (non-hydrogen) atoms. The molecule has 0 spiro atoms. The van der Waals surface area contributed by atoms with Crippen molar-refractivity contribution in [3.8, 4) is 0 Å². The van der Waals surface area contributed by atoms with E-state index in [0.29, 0.717) is 5.56 Å².